The minimum absolute atomic E-state index is 0.102. The van der Waals surface area contributed by atoms with Gasteiger partial charge in [-0.3, -0.25) is 4.79 Å². The first-order valence-electron chi connectivity index (χ1n) is 5.86. The minimum Gasteiger partial charge on any atom is -0.368 e. The maximum Gasteiger partial charge on any atom is 0.222 e. The van der Waals surface area contributed by atoms with Gasteiger partial charge in [0.25, 0.3) is 0 Å². The first-order chi connectivity index (χ1) is 8.58. The van der Waals surface area contributed by atoms with Crippen LogP contribution in [-0.4, -0.2) is 47.0 Å². The van der Waals surface area contributed by atoms with Crippen molar-refractivity contribution >= 4 is 29.3 Å². The molecule has 18 heavy (non-hydrogen) atoms. The second-order valence-electron chi connectivity index (χ2n) is 4.25. The van der Waals surface area contributed by atoms with E-state index in [2.05, 4.69) is 9.97 Å². The summed E-state index contributed by atoms with van der Waals surface area (Å²) in [6.45, 7) is 4.54. The Labute approximate surface area is 111 Å². The van der Waals surface area contributed by atoms with Crippen LogP contribution in [-0.2, 0) is 4.79 Å². The van der Waals surface area contributed by atoms with Crippen LogP contribution in [0.5, 0.6) is 0 Å². The highest BCUT2D eigenvalue weighted by atomic mass is 35.5. The van der Waals surface area contributed by atoms with E-state index in [4.69, 9.17) is 17.3 Å². The molecule has 2 rings (SSSR count). The van der Waals surface area contributed by atoms with Crippen LogP contribution in [0.3, 0.4) is 0 Å². The number of nitrogens with zero attached hydrogens (tertiary/aromatic N) is 4. The zero-order valence-electron chi connectivity index (χ0n) is 10.3. The quantitative estimate of drug-likeness (QED) is 0.815. The van der Waals surface area contributed by atoms with Crippen molar-refractivity contribution in [2.24, 2.45) is 0 Å². The molecule has 2 N–H and O–H groups in total. The summed E-state index contributed by atoms with van der Waals surface area (Å²) in [5, 5.41) is 0.487. The summed E-state index contributed by atoms with van der Waals surface area (Å²) in [5.41, 5.74) is 5.58. The molecule has 0 radical (unpaired) electrons. The molecule has 1 aliphatic rings. The average molecular weight is 270 g/mol. The highest BCUT2D eigenvalue weighted by Crippen LogP contribution is 2.24. The van der Waals surface area contributed by atoms with Gasteiger partial charge in [-0.2, -0.15) is 4.98 Å². The van der Waals surface area contributed by atoms with Gasteiger partial charge in [-0.25, -0.2) is 4.98 Å². The van der Waals surface area contributed by atoms with Gasteiger partial charge in [0.15, 0.2) is 5.82 Å². The van der Waals surface area contributed by atoms with Crippen LogP contribution >= 0.6 is 11.6 Å². The summed E-state index contributed by atoms with van der Waals surface area (Å²) in [5.74, 6) is 0.960. The second kappa shape index (κ2) is 5.39. The summed E-state index contributed by atoms with van der Waals surface area (Å²) < 4.78 is 0. The Hall–Kier alpha value is -1.56. The average Bonchev–Trinajstić information content (AvgIpc) is 2.58. The number of carbonyl (C=O) groups is 1. The van der Waals surface area contributed by atoms with Gasteiger partial charge in [-0.05, 0) is 6.42 Å². The van der Waals surface area contributed by atoms with Gasteiger partial charge in [0.1, 0.15) is 5.02 Å². The van der Waals surface area contributed by atoms with E-state index in [1.807, 2.05) is 9.80 Å². The molecule has 0 saturated carbocycles. The molecule has 0 aromatic carbocycles. The normalized spacial score (nSPS) is 16.6. The number of nitrogen functional groups attached to an aromatic ring is 1. The van der Waals surface area contributed by atoms with Crippen LogP contribution in [0.4, 0.5) is 11.8 Å². The zero-order chi connectivity index (χ0) is 13.1. The summed E-state index contributed by atoms with van der Waals surface area (Å²) in [6.07, 6.45) is 2.40. The topological polar surface area (TPSA) is 75.4 Å². The predicted octanol–water partition coefficient (Wildman–Crippen LogP) is 0.771. The number of nitrogens with two attached hydrogens (primary N) is 1. The fourth-order valence-corrected chi connectivity index (χ4v) is 2.25. The van der Waals surface area contributed by atoms with E-state index in [-0.39, 0.29) is 11.9 Å². The van der Waals surface area contributed by atoms with Gasteiger partial charge in [0, 0.05) is 33.1 Å². The first-order valence-corrected chi connectivity index (χ1v) is 6.24. The molecule has 0 spiro atoms. The number of amides is 1. The highest BCUT2D eigenvalue weighted by molar-refractivity contribution is 6.32. The largest absolute Gasteiger partial charge is 0.368 e. The van der Waals surface area contributed by atoms with Crippen molar-refractivity contribution in [2.75, 3.05) is 36.8 Å². The summed E-state index contributed by atoms with van der Waals surface area (Å²) in [4.78, 5) is 23.2. The molecule has 1 aromatic rings. The lowest BCUT2D eigenvalue weighted by molar-refractivity contribution is -0.128. The minimum atomic E-state index is 0.102. The van der Waals surface area contributed by atoms with E-state index in [1.54, 1.807) is 6.92 Å². The Kier molecular flexibility index (Phi) is 3.86. The van der Waals surface area contributed by atoms with Crippen molar-refractivity contribution in [3.8, 4) is 0 Å². The van der Waals surface area contributed by atoms with Crippen molar-refractivity contribution in [3.63, 3.8) is 0 Å². The lowest BCUT2D eigenvalue weighted by Crippen LogP contribution is -2.34. The van der Waals surface area contributed by atoms with E-state index < -0.39 is 0 Å². The highest BCUT2D eigenvalue weighted by Gasteiger charge is 2.19. The molecular formula is C11H16ClN5O. The van der Waals surface area contributed by atoms with Gasteiger partial charge in [-0.1, -0.05) is 11.6 Å². The zero-order valence-corrected chi connectivity index (χ0v) is 11.0. The third-order valence-corrected chi connectivity index (χ3v) is 3.25. The van der Waals surface area contributed by atoms with Crippen LogP contribution in [0.25, 0.3) is 0 Å². The maximum atomic E-state index is 11.4. The number of anilines is 2. The van der Waals surface area contributed by atoms with Gasteiger partial charge in [0.05, 0.1) is 6.20 Å². The number of hydrogen-bond acceptors (Lipinski definition) is 5. The fraction of sp³-hybridized carbons (Fsp3) is 0.545. The molecule has 1 amide bonds. The molecule has 6 nitrogen and oxygen atoms in total. The molecular weight excluding hydrogens is 254 g/mol. The molecule has 7 heteroatoms. The fourth-order valence-electron chi connectivity index (χ4n) is 2.04. The van der Waals surface area contributed by atoms with Crippen molar-refractivity contribution in [3.05, 3.63) is 11.2 Å². The smallest absolute Gasteiger partial charge is 0.222 e. The van der Waals surface area contributed by atoms with Gasteiger partial charge in [-0.15, -0.1) is 0 Å². The number of rotatable bonds is 1. The standard InChI is InChI=1S/C11H16ClN5O/c1-8(18)16-3-2-4-17(6-5-16)10-9(12)7-14-11(13)15-10/h7H,2-6H2,1H3,(H2,13,14,15). The Morgan fingerprint density at radius 1 is 1.39 bits per heavy atom. The molecule has 1 saturated heterocycles. The van der Waals surface area contributed by atoms with Gasteiger partial charge in [0.2, 0.25) is 11.9 Å². The lowest BCUT2D eigenvalue weighted by atomic mass is 10.3. The van der Waals surface area contributed by atoms with Crippen LogP contribution in [0.15, 0.2) is 6.20 Å². The van der Waals surface area contributed by atoms with E-state index in [0.29, 0.717) is 23.9 Å². The van der Waals surface area contributed by atoms with Crippen LogP contribution in [0, 0.1) is 0 Å². The third-order valence-electron chi connectivity index (χ3n) is 2.98. The third kappa shape index (κ3) is 2.81. The summed E-state index contributed by atoms with van der Waals surface area (Å²) >= 11 is 6.08. The number of aromatic nitrogens is 2. The molecule has 1 aromatic heterocycles. The van der Waals surface area contributed by atoms with Crippen molar-refractivity contribution in [1.82, 2.24) is 14.9 Å². The summed E-state index contributed by atoms with van der Waals surface area (Å²) in [6, 6.07) is 0. The van der Waals surface area contributed by atoms with Crippen LogP contribution in [0.1, 0.15) is 13.3 Å². The van der Waals surface area contributed by atoms with Crippen molar-refractivity contribution in [1.29, 1.82) is 0 Å². The second-order valence-corrected chi connectivity index (χ2v) is 4.65. The Balaban J connectivity index is 2.14. The van der Waals surface area contributed by atoms with E-state index in [0.717, 1.165) is 19.5 Å². The molecule has 1 aliphatic heterocycles. The number of carbonyl (C=O) groups excluding carboxylic acids is 1. The Bertz CT molecular complexity index is 453. The molecule has 0 unspecified atom stereocenters. The van der Waals surface area contributed by atoms with Crippen LogP contribution < -0.4 is 10.6 Å². The van der Waals surface area contributed by atoms with E-state index in [1.165, 1.54) is 6.20 Å². The predicted molar refractivity (Wildman–Crippen MR) is 70.5 cm³/mol. The van der Waals surface area contributed by atoms with Gasteiger partial charge >= 0.3 is 0 Å². The molecule has 2 heterocycles. The van der Waals surface area contributed by atoms with Crippen molar-refractivity contribution in [2.45, 2.75) is 13.3 Å². The SMILES string of the molecule is CC(=O)N1CCCN(c2nc(N)ncc2Cl)CC1. The Morgan fingerprint density at radius 2 is 2.17 bits per heavy atom. The van der Waals surface area contributed by atoms with Crippen LogP contribution in [0.2, 0.25) is 5.02 Å². The molecule has 0 aliphatic carbocycles. The maximum absolute atomic E-state index is 11.4. The molecule has 98 valence electrons. The first kappa shape index (κ1) is 12.9. The summed E-state index contributed by atoms with van der Waals surface area (Å²) in [7, 11) is 0. The Morgan fingerprint density at radius 3 is 2.89 bits per heavy atom. The monoisotopic (exact) mass is 269 g/mol. The lowest BCUT2D eigenvalue weighted by Gasteiger charge is -2.23. The van der Waals surface area contributed by atoms with E-state index in [9.17, 15) is 4.79 Å². The number of hydrogen-bond donors (Lipinski definition) is 1. The molecule has 0 bridgehead atoms. The molecule has 1 fully saturated rings. The number of halogens is 1. The van der Waals surface area contributed by atoms with E-state index >= 15 is 0 Å². The van der Waals surface area contributed by atoms with Crippen molar-refractivity contribution < 1.29 is 4.79 Å². The molecule has 0 atom stereocenters. The van der Waals surface area contributed by atoms with Gasteiger partial charge < -0.3 is 15.5 Å².